The van der Waals surface area contributed by atoms with Crippen LogP contribution in [-0.4, -0.2) is 29.4 Å². The second-order valence-corrected chi connectivity index (χ2v) is 6.49. The van der Waals surface area contributed by atoms with Crippen LogP contribution in [0, 0.1) is 0 Å². The average Bonchev–Trinajstić information content (AvgIpc) is 2.79. The number of aromatic amines is 1. The number of nitrogens with two attached hydrogens (primary N) is 1. The summed E-state index contributed by atoms with van der Waals surface area (Å²) in [5.41, 5.74) is 7.83. The highest BCUT2D eigenvalue weighted by Gasteiger charge is 2.11. The minimum Gasteiger partial charge on any atom is -0.497 e. The van der Waals surface area contributed by atoms with Crippen molar-refractivity contribution >= 4 is 10.8 Å². The van der Waals surface area contributed by atoms with E-state index in [0.29, 0.717) is 39.5 Å². The van der Waals surface area contributed by atoms with Crippen LogP contribution in [0.2, 0.25) is 0 Å². The smallest absolute Gasteiger partial charge is 0.272 e. The number of ether oxygens (including phenoxy) is 3. The highest BCUT2D eigenvalue weighted by Crippen LogP contribution is 2.35. The zero-order chi connectivity index (χ0) is 21.1. The molecule has 30 heavy (non-hydrogen) atoms. The molecule has 8 nitrogen and oxygen atoms in total. The molecule has 0 unspecified atom stereocenters. The third-order valence-electron chi connectivity index (χ3n) is 4.71. The van der Waals surface area contributed by atoms with Gasteiger partial charge in [0.1, 0.15) is 11.5 Å². The Balaban J connectivity index is 1.71. The van der Waals surface area contributed by atoms with Gasteiger partial charge in [0.05, 0.1) is 31.5 Å². The monoisotopic (exact) mass is 404 g/mol. The molecule has 8 heteroatoms. The van der Waals surface area contributed by atoms with Gasteiger partial charge in [0, 0.05) is 29.8 Å². The van der Waals surface area contributed by atoms with Crippen LogP contribution in [-0.2, 0) is 6.54 Å². The van der Waals surface area contributed by atoms with E-state index in [9.17, 15) is 4.79 Å². The maximum atomic E-state index is 12.0. The predicted molar refractivity (Wildman–Crippen MR) is 113 cm³/mol. The quantitative estimate of drug-likeness (QED) is 0.507. The van der Waals surface area contributed by atoms with Crippen LogP contribution in [0.1, 0.15) is 5.69 Å². The number of fused-ring (bicyclic) bond motifs is 1. The van der Waals surface area contributed by atoms with Crippen molar-refractivity contribution < 1.29 is 14.2 Å². The molecular formula is C22H20N4O4. The van der Waals surface area contributed by atoms with E-state index < -0.39 is 0 Å². The Bertz CT molecular complexity index is 1270. The Hall–Kier alpha value is -3.91. The SMILES string of the molecule is COc1ccc(Oc2cncc(-c3ccc4c(=O)[nH]nc(CN)c4c3)c2)c(OC)c1. The summed E-state index contributed by atoms with van der Waals surface area (Å²) in [4.78, 5) is 16.3. The van der Waals surface area contributed by atoms with Crippen molar-refractivity contribution in [3.8, 4) is 34.1 Å². The lowest BCUT2D eigenvalue weighted by Gasteiger charge is -2.12. The minimum absolute atomic E-state index is 0.218. The third-order valence-corrected chi connectivity index (χ3v) is 4.71. The molecule has 0 saturated carbocycles. The lowest BCUT2D eigenvalue weighted by Crippen LogP contribution is -2.13. The number of rotatable bonds is 6. The van der Waals surface area contributed by atoms with E-state index in [2.05, 4.69) is 15.2 Å². The molecule has 0 radical (unpaired) electrons. The molecule has 2 aromatic carbocycles. The number of hydrogen-bond donors (Lipinski definition) is 2. The normalized spacial score (nSPS) is 10.8. The number of aromatic nitrogens is 3. The van der Waals surface area contributed by atoms with Crippen molar-refractivity contribution in [3.05, 3.63) is 70.9 Å². The largest absolute Gasteiger partial charge is 0.497 e. The van der Waals surface area contributed by atoms with Crippen LogP contribution in [0.4, 0.5) is 0 Å². The molecule has 0 aliphatic rings. The average molecular weight is 404 g/mol. The van der Waals surface area contributed by atoms with Crippen molar-refractivity contribution in [2.75, 3.05) is 14.2 Å². The lowest BCUT2D eigenvalue weighted by atomic mass is 10.0. The van der Waals surface area contributed by atoms with Gasteiger partial charge in [0.15, 0.2) is 11.5 Å². The topological polar surface area (TPSA) is 112 Å². The first-order chi connectivity index (χ1) is 14.6. The molecule has 4 rings (SSSR count). The molecule has 4 aromatic rings. The zero-order valence-corrected chi connectivity index (χ0v) is 16.5. The van der Waals surface area contributed by atoms with Gasteiger partial charge in [-0.2, -0.15) is 5.10 Å². The summed E-state index contributed by atoms with van der Waals surface area (Å²) >= 11 is 0. The second-order valence-electron chi connectivity index (χ2n) is 6.49. The Kier molecular flexibility index (Phi) is 5.32. The number of hydrogen-bond acceptors (Lipinski definition) is 7. The molecule has 0 saturated heterocycles. The Labute approximate surface area is 172 Å². The number of pyridine rings is 1. The third kappa shape index (κ3) is 3.68. The Morgan fingerprint density at radius 2 is 1.77 bits per heavy atom. The summed E-state index contributed by atoms with van der Waals surface area (Å²) in [5.74, 6) is 2.29. The van der Waals surface area contributed by atoms with Crippen molar-refractivity contribution in [2.24, 2.45) is 5.73 Å². The molecule has 0 fully saturated rings. The fraction of sp³-hybridized carbons (Fsp3) is 0.136. The van der Waals surface area contributed by atoms with Gasteiger partial charge in [-0.3, -0.25) is 9.78 Å². The summed E-state index contributed by atoms with van der Waals surface area (Å²) in [7, 11) is 3.15. The molecule has 2 aromatic heterocycles. The van der Waals surface area contributed by atoms with E-state index in [0.717, 1.165) is 11.1 Å². The van der Waals surface area contributed by atoms with Crippen molar-refractivity contribution in [1.82, 2.24) is 15.2 Å². The van der Waals surface area contributed by atoms with Gasteiger partial charge < -0.3 is 19.9 Å². The van der Waals surface area contributed by atoms with Gasteiger partial charge >= 0.3 is 0 Å². The van der Waals surface area contributed by atoms with Gasteiger partial charge in [0.25, 0.3) is 5.56 Å². The molecule has 2 heterocycles. The summed E-state index contributed by atoms with van der Waals surface area (Å²) in [5, 5.41) is 7.76. The lowest BCUT2D eigenvalue weighted by molar-refractivity contribution is 0.368. The molecule has 0 amide bonds. The highest BCUT2D eigenvalue weighted by atomic mass is 16.5. The van der Waals surface area contributed by atoms with Gasteiger partial charge in [-0.05, 0) is 35.9 Å². The van der Waals surface area contributed by atoms with E-state index in [1.165, 1.54) is 0 Å². The van der Waals surface area contributed by atoms with Crippen LogP contribution in [0.25, 0.3) is 21.9 Å². The van der Waals surface area contributed by atoms with Gasteiger partial charge in [-0.15, -0.1) is 0 Å². The maximum absolute atomic E-state index is 12.0. The van der Waals surface area contributed by atoms with E-state index in [1.54, 1.807) is 50.9 Å². The minimum atomic E-state index is -0.254. The predicted octanol–water partition coefficient (Wildman–Crippen LogP) is 3.25. The van der Waals surface area contributed by atoms with Crippen LogP contribution in [0.15, 0.2) is 59.7 Å². The number of methoxy groups -OCH3 is 2. The summed E-state index contributed by atoms with van der Waals surface area (Å²) in [6.07, 6.45) is 3.34. The van der Waals surface area contributed by atoms with E-state index in [1.807, 2.05) is 18.2 Å². The Morgan fingerprint density at radius 3 is 2.53 bits per heavy atom. The molecule has 0 atom stereocenters. The first kappa shape index (κ1) is 19.4. The summed E-state index contributed by atoms with van der Waals surface area (Å²) in [6, 6.07) is 12.7. The van der Waals surface area contributed by atoms with Gasteiger partial charge in [-0.25, -0.2) is 5.10 Å². The number of nitrogens with one attached hydrogen (secondary N) is 1. The van der Waals surface area contributed by atoms with Crippen LogP contribution in [0.3, 0.4) is 0 Å². The first-order valence-electron chi connectivity index (χ1n) is 9.19. The highest BCUT2D eigenvalue weighted by molar-refractivity contribution is 5.88. The van der Waals surface area contributed by atoms with Crippen LogP contribution >= 0.6 is 0 Å². The zero-order valence-electron chi connectivity index (χ0n) is 16.5. The molecule has 0 aliphatic heterocycles. The number of nitrogens with zero attached hydrogens (tertiary/aromatic N) is 2. The van der Waals surface area contributed by atoms with Crippen molar-refractivity contribution in [1.29, 1.82) is 0 Å². The molecule has 0 aliphatic carbocycles. The van der Waals surface area contributed by atoms with Crippen molar-refractivity contribution in [2.45, 2.75) is 6.54 Å². The fourth-order valence-corrected chi connectivity index (χ4v) is 3.17. The maximum Gasteiger partial charge on any atom is 0.272 e. The first-order valence-corrected chi connectivity index (χ1v) is 9.19. The fourth-order valence-electron chi connectivity index (χ4n) is 3.17. The summed E-state index contributed by atoms with van der Waals surface area (Å²) in [6.45, 7) is 0.218. The molecular weight excluding hydrogens is 384 g/mol. The van der Waals surface area contributed by atoms with Gasteiger partial charge in [0.2, 0.25) is 0 Å². The second kappa shape index (κ2) is 8.22. The number of H-pyrrole nitrogens is 1. The molecule has 152 valence electrons. The van der Waals surface area contributed by atoms with Crippen LogP contribution in [0.5, 0.6) is 23.0 Å². The van der Waals surface area contributed by atoms with Crippen molar-refractivity contribution in [3.63, 3.8) is 0 Å². The molecule has 3 N–H and O–H groups in total. The number of benzene rings is 2. The molecule has 0 spiro atoms. The van der Waals surface area contributed by atoms with E-state index in [-0.39, 0.29) is 12.1 Å². The molecule has 0 bridgehead atoms. The van der Waals surface area contributed by atoms with E-state index >= 15 is 0 Å². The standard InChI is InChI=1S/C22H20N4O4/c1-28-15-4-6-20(21(9-15)29-2)30-16-7-14(11-24-12-16)13-3-5-17-18(8-13)19(10-23)25-26-22(17)27/h3-9,11-12H,10,23H2,1-2H3,(H,26,27). The van der Waals surface area contributed by atoms with Gasteiger partial charge in [-0.1, -0.05) is 6.07 Å². The summed E-state index contributed by atoms with van der Waals surface area (Å²) < 4.78 is 16.6. The Morgan fingerprint density at radius 1 is 0.900 bits per heavy atom. The van der Waals surface area contributed by atoms with E-state index in [4.69, 9.17) is 19.9 Å². The van der Waals surface area contributed by atoms with Crippen LogP contribution < -0.4 is 25.5 Å².